The minimum absolute atomic E-state index is 0.139. The smallest absolute Gasteiger partial charge is 0.256 e. The number of rotatable bonds is 3. The van der Waals surface area contributed by atoms with E-state index in [-0.39, 0.29) is 11.6 Å². The van der Waals surface area contributed by atoms with Gasteiger partial charge in [0.15, 0.2) is 0 Å². The number of hydrogen-bond donors (Lipinski definition) is 1. The lowest BCUT2D eigenvalue weighted by molar-refractivity contribution is 0.102. The van der Waals surface area contributed by atoms with E-state index in [9.17, 15) is 9.18 Å². The Kier molecular flexibility index (Phi) is 4.22. The molecule has 2 nitrogen and oxygen atoms in total. The molecule has 2 aromatic rings. The van der Waals surface area contributed by atoms with Gasteiger partial charge in [0.1, 0.15) is 5.82 Å². The molecule has 0 aliphatic carbocycles. The van der Waals surface area contributed by atoms with Crippen LogP contribution in [0.1, 0.15) is 27.7 Å². The highest BCUT2D eigenvalue weighted by Crippen LogP contribution is 2.24. The predicted molar refractivity (Wildman–Crippen MR) is 77.8 cm³/mol. The second kappa shape index (κ2) is 5.72. The molecule has 1 aromatic heterocycles. The van der Waals surface area contributed by atoms with Crippen LogP contribution in [0.25, 0.3) is 0 Å². The molecular formula is C14H13ClFNOS. The number of benzene rings is 1. The number of anilines is 1. The first-order chi connectivity index (χ1) is 9.02. The highest BCUT2D eigenvalue weighted by atomic mass is 35.5. The molecule has 0 radical (unpaired) electrons. The highest BCUT2D eigenvalue weighted by Gasteiger charge is 2.15. The minimum Gasteiger partial charge on any atom is -0.319 e. The van der Waals surface area contributed by atoms with E-state index in [2.05, 4.69) is 5.32 Å². The van der Waals surface area contributed by atoms with E-state index in [0.717, 1.165) is 16.9 Å². The molecular weight excluding hydrogens is 285 g/mol. The molecule has 19 heavy (non-hydrogen) atoms. The molecule has 0 atom stereocenters. The molecule has 0 unspecified atom stereocenters. The Hall–Kier alpha value is -1.39. The van der Waals surface area contributed by atoms with E-state index in [1.54, 1.807) is 11.4 Å². The van der Waals surface area contributed by atoms with E-state index < -0.39 is 5.82 Å². The lowest BCUT2D eigenvalue weighted by Gasteiger charge is -2.07. The lowest BCUT2D eigenvalue weighted by atomic mass is 10.1. The zero-order chi connectivity index (χ0) is 14.0. The fraction of sp³-hybridized carbons (Fsp3) is 0.214. The standard InChI is InChI=1S/C14H13ClFNOS/c1-3-10-8(2)19-7-11(10)14(18)17-13-5-4-9(15)6-12(13)16/h4-7H,3H2,1-2H3,(H,17,18). The Morgan fingerprint density at radius 2 is 2.21 bits per heavy atom. The molecule has 1 aromatic carbocycles. The largest absolute Gasteiger partial charge is 0.319 e. The monoisotopic (exact) mass is 297 g/mol. The number of carbonyl (C=O) groups is 1. The first-order valence-corrected chi connectivity index (χ1v) is 7.12. The van der Waals surface area contributed by atoms with Crippen molar-refractivity contribution in [2.75, 3.05) is 5.32 Å². The summed E-state index contributed by atoms with van der Waals surface area (Å²) >= 11 is 7.20. The summed E-state index contributed by atoms with van der Waals surface area (Å²) in [6.45, 7) is 3.97. The summed E-state index contributed by atoms with van der Waals surface area (Å²) in [7, 11) is 0. The van der Waals surface area contributed by atoms with Crippen LogP contribution < -0.4 is 5.32 Å². The van der Waals surface area contributed by atoms with Gasteiger partial charge < -0.3 is 5.32 Å². The van der Waals surface area contributed by atoms with Gasteiger partial charge in [0.25, 0.3) is 5.91 Å². The molecule has 0 saturated carbocycles. The van der Waals surface area contributed by atoms with Crippen LogP contribution in [0.3, 0.4) is 0 Å². The second-order valence-electron chi connectivity index (χ2n) is 4.12. The molecule has 1 amide bonds. The second-order valence-corrected chi connectivity index (χ2v) is 5.64. The van der Waals surface area contributed by atoms with Crippen molar-refractivity contribution in [2.24, 2.45) is 0 Å². The van der Waals surface area contributed by atoms with E-state index in [4.69, 9.17) is 11.6 Å². The van der Waals surface area contributed by atoms with E-state index >= 15 is 0 Å². The fourth-order valence-electron chi connectivity index (χ4n) is 1.89. The van der Waals surface area contributed by atoms with Crippen LogP contribution in [0.4, 0.5) is 10.1 Å². The number of thiophene rings is 1. The van der Waals surface area contributed by atoms with Gasteiger partial charge in [0.2, 0.25) is 0 Å². The van der Waals surface area contributed by atoms with Gasteiger partial charge in [0.05, 0.1) is 11.3 Å². The summed E-state index contributed by atoms with van der Waals surface area (Å²) in [6, 6.07) is 4.18. The SMILES string of the molecule is CCc1c(C(=O)Nc2ccc(Cl)cc2F)csc1C. The summed E-state index contributed by atoms with van der Waals surface area (Å²) in [5, 5.41) is 4.68. The van der Waals surface area contributed by atoms with Crippen LogP contribution >= 0.6 is 22.9 Å². The average molecular weight is 298 g/mol. The zero-order valence-corrected chi connectivity index (χ0v) is 12.2. The highest BCUT2D eigenvalue weighted by molar-refractivity contribution is 7.10. The van der Waals surface area contributed by atoms with Gasteiger partial charge >= 0.3 is 0 Å². The summed E-state index contributed by atoms with van der Waals surface area (Å²) in [5.74, 6) is -0.826. The maximum Gasteiger partial charge on any atom is 0.256 e. The molecule has 1 N–H and O–H groups in total. The van der Waals surface area contributed by atoms with E-state index in [1.165, 1.54) is 23.5 Å². The van der Waals surface area contributed by atoms with Crippen molar-refractivity contribution in [1.82, 2.24) is 0 Å². The summed E-state index contributed by atoms with van der Waals surface area (Å²) in [6.07, 6.45) is 0.779. The van der Waals surface area contributed by atoms with Gasteiger partial charge in [-0.25, -0.2) is 4.39 Å². The first kappa shape index (κ1) is 14.0. The van der Waals surface area contributed by atoms with Crippen LogP contribution in [-0.2, 0) is 6.42 Å². The van der Waals surface area contributed by atoms with Crippen molar-refractivity contribution in [1.29, 1.82) is 0 Å². The quantitative estimate of drug-likeness (QED) is 0.877. The normalized spacial score (nSPS) is 10.5. The van der Waals surface area contributed by atoms with Gasteiger partial charge in [-0.15, -0.1) is 11.3 Å². The molecule has 100 valence electrons. The van der Waals surface area contributed by atoms with Crippen molar-refractivity contribution in [3.8, 4) is 0 Å². The van der Waals surface area contributed by atoms with Gasteiger partial charge in [-0.1, -0.05) is 18.5 Å². The molecule has 0 bridgehead atoms. The first-order valence-electron chi connectivity index (χ1n) is 5.86. The van der Waals surface area contributed by atoms with Crippen molar-refractivity contribution in [2.45, 2.75) is 20.3 Å². The van der Waals surface area contributed by atoms with Gasteiger partial charge in [-0.3, -0.25) is 4.79 Å². The summed E-state index contributed by atoms with van der Waals surface area (Å²) < 4.78 is 13.6. The lowest BCUT2D eigenvalue weighted by Crippen LogP contribution is -2.14. The molecule has 5 heteroatoms. The van der Waals surface area contributed by atoms with Crippen molar-refractivity contribution in [3.05, 3.63) is 50.4 Å². The third-order valence-electron chi connectivity index (χ3n) is 2.88. The van der Waals surface area contributed by atoms with Crippen molar-refractivity contribution in [3.63, 3.8) is 0 Å². The predicted octanol–water partition coefficient (Wildman–Crippen LogP) is 4.66. The van der Waals surface area contributed by atoms with Crippen LogP contribution in [0.2, 0.25) is 5.02 Å². The van der Waals surface area contributed by atoms with Crippen molar-refractivity contribution < 1.29 is 9.18 Å². The third kappa shape index (κ3) is 2.96. The molecule has 2 rings (SSSR count). The summed E-state index contributed by atoms with van der Waals surface area (Å²) in [5.41, 5.74) is 1.76. The Bertz CT molecular complexity index is 624. The maximum atomic E-state index is 13.6. The van der Waals surface area contributed by atoms with Gasteiger partial charge in [-0.2, -0.15) is 0 Å². The van der Waals surface area contributed by atoms with Crippen LogP contribution in [0.15, 0.2) is 23.6 Å². The third-order valence-corrected chi connectivity index (χ3v) is 4.07. The van der Waals surface area contributed by atoms with Crippen molar-refractivity contribution >= 4 is 34.5 Å². The molecule has 0 aliphatic heterocycles. The number of amides is 1. The van der Waals surface area contributed by atoms with Crippen LogP contribution in [0, 0.1) is 12.7 Å². The zero-order valence-electron chi connectivity index (χ0n) is 10.6. The topological polar surface area (TPSA) is 29.1 Å². The molecule has 0 aliphatic rings. The Labute approximate surface area is 120 Å². The van der Waals surface area contributed by atoms with E-state index in [0.29, 0.717) is 10.6 Å². The van der Waals surface area contributed by atoms with E-state index in [1.807, 2.05) is 13.8 Å². The molecule has 1 heterocycles. The Morgan fingerprint density at radius 3 is 2.84 bits per heavy atom. The average Bonchev–Trinajstić information content (AvgIpc) is 2.74. The minimum atomic E-state index is -0.536. The molecule has 0 saturated heterocycles. The van der Waals surface area contributed by atoms with Crippen LogP contribution in [-0.4, -0.2) is 5.91 Å². The molecule has 0 fully saturated rings. The number of halogens is 2. The number of nitrogens with one attached hydrogen (secondary N) is 1. The fourth-order valence-corrected chi connectivity index (χ4v) is 2.99. The number of aryl methyl sites for hydroxylation is 1. The molecule has 0 spiro atoms. The van der Waals surface area contributed by atoms with Gasteiger partial charge in [-0.05, 0) is 37.1 Å². The Balaban J connectivity index is 2.25. The van der Waals surface area contributed by atoms with Gasteiger partial charge in [0, 0.05) is 15.3 Å². The Morgan fingerprint density at radius 1 is 1.47 bits per heavy atom. The number of hydrogen-bond acceptors (Lipinski definition) is 2. The summed E-state index contributed by atoms with van der Waals surface area (Å²) in [4.78, 5) is 13.3. The number of carbonyl (C=O) groups excluding carboxylic acids is 1. The maximum absolute atomic E-state index is 13.6. The van der Waals surface area contributed by atoms with Crippen LogP contribution in [0.5, 0.6) is 0 Å².